The number of H-pyrrole nitrogens is 1. The highest BCUT2D eigenvalue weighted by Crippen LogP contribution is 2.26. The molecule has 24 heavy (non-hydrogen) atoms. The van der Waals surface area contributed by atoms with Crippen molar-refractivity contribution in [3.05, 3.63) is 59.7 Å². The number of para-hydroxylation sites is 1. The van der Waals surface area contributed by atoms with Gasteiger partial charge >= 0.3 is 0 Å². The van der Waals surface area contributed by atoms with E-state index in [1.165, 1.54) is 11.4 Å². The monoisotopic (exact) mass is 322 g/mol. The standard InChI is InChI=1S/C18H22N6/c1-13-20-18(22-21-13)15-8-9-23(11-15)12-17-10-19-14(2)24(17)16-6-4-3-5-7-16/h3-7,10,15H,8-9,11-12H2,1-2H3,(H,20,21,22). The van der Waals surface area contributed by atoms with Crippen LogP contribution in [0.2, 0.25) is 0 Å². The van der Waals surface area contributed by atoms with Gasteiger partial charge in [0, 0.05) is 24.7 Å². The molecule has 4 rings (SSSR count). The third-order valence-electron chi connectivity index (χ3n) is 4.66. The van der Waals surface area contributed by atoms with E-state index in [0.717, 1.165) is 43.5 Å². The number of imidazole rings is 1. The van der Waals surface area contributed by atoms with Crippen LogP contribution in [0, 0.1) is 13.8 Å². The summed E-state index contributed by atoms with van der Waals surface area (Å²) in [5.74, 6) is 3.28. The van der Waals surface area contributed by atoms with Gasteiger partial charge in [0.2, 0.25) is 0 Å². The summed E-state index contributed by atoms with van der Waals surface area (Å²) >= 11 is 0. The van der Waals surface area contributed by atoms with Crippen LogP contribution in [-0.4, -0.2) is 42.7 Å². The highest BCUT2D eigenvalue weighted by atomic mass is 15.2. The maximum absolute atomic E-state index is 4.52. The van der Waals surface area contributed by atoms with Crippen LogP contribution in [0.25, 0.3) is 5.69 Å². The van der Waals surface area contributed by atoms with Crippen LogP contribution in [-0.2, 0) is 6.54 Å². The number of aryl methyl sites for hydroxylation is 2. The Morgan fingerprint density at radius 2 is 2.04 bits per heavy atom. The van der Waals surface area contributed by atoms with Crippen LogP contribution in [0.3, 0.4) is 0 Å². The number of hydrogen-bond acceptors (Lipinski definition) is 4. The molecule has 3 heterocycles. The summed E-state index contributed by atoms with van der Waals surface area (Å²) in [6.45, 7) is 6.97. The first-order valence-corrected chi connectivity index (χ1v) is 8.40. The van der Waals surface area contributed by atoms with Gasteiger partial charge in [0.15, 0.2) is 5.82 Å². The summed E-state index contributed by atoms with van der Waals surface area (Å²) < 4.78 is 2.24. The van der Waals surface area contributed by atoms with E-state index >= 15 is 0 Å². The summed E-state index contributed by atoms with van der Waals surface area (Å²) in [7, 11) is 0. The van der Waals surface area contributed by atoms with Crippen molar-refractivity contribution in [1.29, 1.82) is 0 Å². The highest BCUT2D eigenvalue weighted by Gasteiger charge is 2.27. The first-order chi connectivity index (χ1) is 11.7. The van der Waals surface area contributed by atoms with Gasteiger partial charge in [-0.25, -0.2) is 9.97 Å². The first-order valence-electron chi connectivity index (χ1n) is 8.40. The fraction of sp³-hybridized carbons (Fsp3) is 0.389. The van der Waals surface area contributed by atoms with E-state index in [2.05, 4.69) is 60.8 Å². The smallest absolute Gasteiger partial charge is 0.155 e. The third kappa shape index (κ3) is 2.85. The Hall–Kier alpha value is -2.47. The van der Waals surface area contributed by atoms with Gasteiger partial charge in [-0.15, -0.1) is 0 Å². The number of aromatic nitrogens is 5. The second kappa shape index (κ2) is 6.20. The number of hydrogen-bond donors (Lipinski definition) is 1. The van der Waals surface area contributed by atoms with Crippen molar-refractivity contribution in [3.8, 4) is 5.69 Å². The van der Waals surface area contributed by atoms with E-state index in [1.54, 1.807) is 0 Å². The average molecular weight is 322 g/mol. The van der Waals surface area contributed by atoms with Crippen LogP contribution in [0.1, 0.15) is 35.5 Å². The van der Waals surface area contributed by atoms with Crippen molar-refractivity contribution < 1.29 is 0 Å². The molecule has 1 aromatic carbocycles. The van der Waals surface area contributed by atoms with Crippen molar-refractivity contribution in [1.82, 2.24) is 29.6 Å². The minimum atomic E-state index is 0.421. The van der Waals surface area contributed by atoms with Gasteiger partial charge < -0.3 is 0 Å². The molecule has 124 valence electrons. The fourth-order valence-electron chi connectivity index (χ4n) is 3.49. The minimum Gasteiger partial charge on any atom is -0.300 e. The molecule has 0 saturated carbocycles. The molecule has 1 N–H and O–H groups in total. The molecular weight excluding hydrogens is 300 g/mol. The first kappa shape index (κ1) is 15.1. The Morgan fingerprint density at radius 3 is 2.79 bits per heavy atom. The summed E-state index contributed by atoms with van der Waals surface area (Å²) in [4.78, 5) is 11.5. The van der Waals surface area contributed by atoms with Gasteiger partial charge in [0.1, 0.15) is 11.6 Å². The summed E-state index contributed by atoms with van der Waals surface area (Å²) in [6, 6.07) is 10.4. The lowest BCUT2D eigenvalue weighted by atomic mass is 10.1. The normalized spacial score (nSPS) is 18.3. The molecule has 1 aliphatic rings. The van der Waals surface area contributed by atoms with Crippen LogP contribution in [0.15, 0.2) is 36.5 Å². The van der Waals surface area contributed by atoms with Gasteiger partial charge in [-0.1, -0.05) is 18.2 Å². The zero-order valence-corrected chi connectivity index (χ0v) is 14.1. The van der Waals surface area contributed by atoms with Gasteiger partial charge in [-0.05, 0) is 38.9 Å². The van der Waals surface area contributed by atoms with Crippen LogP contribution < -0.4 is 0 Å². The zero-order chi connectivity index (χ0) is 16.5. The maximum Gasteiger partial charge on any atom is 0.155 e. The predicted molar refractivity (Wildman–Crippen MR) is 92.1 cm³/mol. The molecule has 0 aliphatic carbocycles. The van der Waals surface area contributed by atoms with E-state index < -0.39 is 0 Å². The number of benzene rings is 1. The van der Waals surface area contributed by atoms with Crippen molar-refractivity contribution >= 4 is 0 Å². The molecule has 6 nitrogen and oxygen atoms in total. The largest absolute Gasteiger partial charge is 0.300 e. The number of rotatable bonds is 4. The topological polar surface area (TPSA) is 62.6 Å². The lowest BCUT2D eigenvalue weighted by Gasteiger charge is -2.17. The van der Waals surface area contributed by atoms with Crippen molar-refractivity contribution in [2.75, 3.05) is 13.1 Å². The zero-order valence-electron chi connectivity index (χ0n) is 14.1. The number of aromatic amines is 1. The molecule has 0 amide bonds. The van der Waals surface area contributed by atoms with E-state index in [0.29, 0.717) is 5.92 Å². The third-order valence-corrected chi connectivity index (χ3v) is 4.66. The Kier molecular flexibility index (Phi) is 3.90. The molecule has 2 aromatic heterocycles. The lowest BCUT2D eigenvalue weighted by Crippen LogP contribution is -2.21. The van der Waals surface area contributed by atoms with Crippen LogP contribution in [0.4, 0.5) is 0 Å². The average Bonchev–Trinajstić information content (AvgIpc) is 3.30. The Bertz CT molecular complexity index is 819. The van der Waals surface area contributed by atoms with E-state index in [1.807, 2.05) is 19.2 Å². The molecule has 1 fully saturated rings. The molecule has 3 aromatic rings. The Balaban J connectivity index is 1.51. The minimum absolute atomic E-state index is 0.421. The van der Waals surface area contributed by atoms with Crippen LogP contribution in [0.5, 0.6) is 0 Å². The molecule has 6 heteroatoms. The second-order valence-corrected chi connectivity index (χ2v) is 6.47. The molecule has 1 unspecified atom stereocenters. The van der Waals surface area contributed by atoms with E-state index in [-0.39, 0.29) is 0 Å². The number of likely N-dealkylation sites (tertiary alicyclic amines) is 1. The quantitative estimate of drug-likeness (QED) is 0.802. The molecular formula is C18H22N6. The Labute approximate surface area is 141 Å². The number of nitrogens with one attached hydrogen (secondary N) is 1. The van der Waals surface area contributed by atoms with Crippen molar-refractivity contribution in [2.45, 2.75) is 32.7 Å². The molecule has 1 saturated heterocycles. The summed E-state index contributed by atoms with van der Waals surface area (Å²) in [5.41, 5.74) is 2.40. The maximum atomic E-state index is 4.52. The number of nitrogens with zero attached hydrogens (tertiary/aromatic N) is 5. The van der Waals surface area contributed by atoms with Gasteiger partial charge in [0.25, 0.3) is 0 Å². The van der Waals surface area contributed by atoms with Gasteiger partial charge in [0.05, 0.1) is 11.9 Å². The lowest BCUT2D eigenvalue weighted by molar-refractivity contribution is 0.319. The van der Waals surface area contributed by atoms with E-state index in [9.17, 15) is 0 Å². The van der Waals surface area contributed by atoms with Gasteiger partial charge in [-0.2, -0.15) is 5.10 Å². The molecule has 0 bridgehead atoms. The fourth-order valence-corrected chi connectivity index (χ4v) is 3.49. The Morgan fingerprint density at radius 1 is 1.21 bits per heavy atom. The van der Waals surface area contributed by atoms with Crippen LogP contribution >= 0.6 is 0 Å². The summed E-state index contributed by atoms with van der Waals surface area (Å²) in [5, 5.41) is 7.28. The van der Waals surface area contributed by atoms with E-state index in [4.69, 9.17) is 0 Å². The SMILES string of the molecule is Cc1nc(C2CCN(Cc3cnc(C)n3-c3ccccc3)C2)n[nH]1. The molecule has 0 spiro atoms. The predicted octanol–water partition coefficient (Wildman–Crippen LogP) is 2.60. The van der Waals surface area contributed by atoms with Crippen molar-refractivity contribution in [2.24, 2.45) is 0 Å². The highest BCUT2D eigenvalue weighted by molar-refractivity contribution is 5.35. The molecule has 1 atom stereocenters. The molecule has 0 radical (unpaired) electrons. The molecule has 1 aliphatic heterocycles. The second-order valence-electron chi connectivity index (χ2n) is 6.47. The van der Waals surface area contributed by atoms with Gasteiger partial charge in [-0.3, -0.25) is 14.6 Å². The van der Waals surface area contributed by atoms with Crippen molar-refractivity contribution in [3.63, 3.8) is 0 Å². The summed E-state index contributed by atoms with van der Waals surface area (Å²) in [6.07, 6.45) is 3.10.